The molecule has 0 fully saturated rings. The zero-order valence-corrected chi connectivity index (χ0v) is 19.3. The van der Waals surface area contributed by atoms with Crippen LogP contribution in [0.15, 0.2) is 47.6 Å². The van der Waals surface area contributed by atoms with E-state index >= 15 is 0 Å². The lowest BCUT2D eigenvalue weighted by Gasteiger charge is -2.13. The molecule has 9 nitrogen and oxygen atoms in total. The fourth-order valence-electron chi connectivity index (χ4n) is 2.64. The Morgan fingerprint density at radius 1 is 1.03 bits per heavy atom. The van der Waals surface area contributed by atoms with Crippen LogP contribution in [-0.4, -0.2) is 43.2 Å². The molecule has 0 aliphatic carbocycles. The quantitative estimate of drug-likeness (QED) is 0.290. The number of nitrogens with one attached hydrogen (secondary N) is 3. The Labute approximate surface area is 193 Å². The van der Waals surface area contributed by atoms with Gasteiger partial charge in [-0.2, -0.15) is 5.10 Å². The van der Waals surface area contributed by atoms with Crippen LogP contribution in [0.2, 0.25) is 0 Å². The van der Waals surface area contributed by atoms with Crippen molar-refractivity contribution in [2.24, 2.45) is 5.10 Å². The van der Waals surface area contributed by atoms with Crippen molar-refractivity contribution in [3.8, 4) is 11.5 Å². The SMILES string of the molecule is CCOc1cc(/C=N\NC(=O)C(=O)N[C@@H](C)CC)ccc1OCC(=O)Nc1ccccc1C. The maximum absolute atomic E-state index is 12.2. The van der Waals surface area contributed by atoms with Gasteiger partial charge in [-0.25, -0.2) is 5.43 Å². The number of hydrazone groups is 1. The van der Waals surface area contributed by atoms with Gasteiger partial charge in [0.05, 0.1) is 12.8 Å². The van der Waals surface area contributed by atoms with E-state index in [0.29, 0.717) is 30.1 Å². The number of aryl methyl sites for hydroxylation is 1. The van der Waals surface area contributed by atoms with Gasteiger partial charge in [0.2, 0.25) is 0 Å². The molecule has 0 saturated carbocycles. The number of hydrogen-bond donors (Lipinski definition) is 3. The molecule has 0 aliphatic heterocycles. The Morgan fingerprint density at radius 2 is 1.79 bits per heavy atom. The predicted octanol–water partition coefficient (Wildman–Crippen LogP) is 2.78. The first-order valence-corrected chi connectivity index (χ1v) is 10.7. The highest BCUT2D eigenvalue weighted by atomic mass is 16.5. The molecule has 2 aromatic rings. The number of nitrogens with zero attached hydrogens (tertiary/aromatic N) is 1. The minimum atomic E-state index is -0.851. The van der Waals surface area contributed by atoms with E-state index in [1.807, 2.05) is 45.0 Å². The van der Waals surface area contributed by atoms with Gasteiger partial charge in [-0.15, -0.1) is 0 Å². The summed E-state index contributed by atoms with van der Waals surface area (Å²) in [6, 6.07) is 12.4. The largest absolute Gasteiger partial charge is 0.490 e. The van der Waals surface area contributed by atoms with Crippen LogP contribution >= 0.6 is 0 Å². The predicted molar refractivity (Wildman–Crippen MR) is 127 cm³/mol. The number of rotatable bonds is 10. The summed E-state index contributed by atoms with van der Waals surface area (Å²) in [5, 5.41) is 9.18. The lowest BCUT2D eigenvalue weighted by atomic mass is 10.2. The topological polar surface area (TPSA) is 118 Å². The zero-order chi connectivity index (χ0) is 24.2. The minimum Gasteiger partial charge on any atom is -0.490 e. The first-order valence-electron chi connectivity index (χ1n) is 10.7. The van der Waals surface area contributed by atoms with E-state index < -0.39 is 11.8 Å². The Hall–Kier alpha value is -3.88. The Morgan fingerprint density at radius 3 is 2.48 bits per heavy atom. The first-order chi connectivity index (χ1) is 15.8. The van der Waals surface area contributed by atoms with Crippen LogP contribution in [0.4, 0.5) is 5.69 Å². The van der Waals surface area contributed by atoms with Crippen LogP contribution in [0, 0.1) is 6.92 Å². The second kappa shape index (κ2) is 12.8. The fraction of sp³-hybridized carbons (Fsp3) is 0.333. The van der Waals surface area contributed by atoms with Crippen molar-refractivity contribution in [3.63, 3.8) is 0 Å². The summed E-state index contributed by atoms with van der Waals surface area (Å²) in [6.07, 6.45) is 2.09. The molecule has 3 N–H and O–H groups in total. The highest BCUT2D eigenvalue weighted by Gasteiger charge is 2.14. The average molecular weight is 455 g/mol. The third-order valence-corrected chi connectivity index (χ3v) is 4.62. The van der Waals surface area contributed by atoms with Gasteiger partial charge < -0.3 is 20.1 Å². The highest BCUT2D eigenvalue weighted by Crippen LogP contribution is 2.28. The van der Waals surface area contributed by atoms with Gasteiger partial charge in [0.1, 0.15) is 0 Å². The van der Waals surface area contributed by atoms with Gasteiger partial charge in [0, 0.05) is 11.7 Å². The summed E-state index contributed by atoms with van der Waals surface area (Å²) < 4.78 is 11.2. The van der Waals surface area contributed by atoms with Crippen LogP contribution in [0.25, 0.3) is 0 Å². The molecular weight excluding hydrogens is 424 g/mol. The normalized spacial score (nSPS) is 11.5. The van der Waals surface area contributed by atoms with Crippen molar-refractivity contribution in [2.45, 2.75) is 40.2 Å². The molecule has 9 heteroatoms. The number of ether oxygens (including phenoxy) is 2. The van der Waals surface area contributed by atoms with Gasteiger partial charge in [-0.3, -0.25) is 14.4 Å². The van der Waals surface area contributed by atoms with Gasteiger partial charge in [-0.1, -0.05) is 25.1 Å². The summed E-state index contributed by atoms with van der Waals surface area (Å²) in [6.45, 7) is 7.64. The second-order valence-electron chi connectivity index (χ2n) is 7.27. The van der Waals surface area contributed by atoms with E-state index in [9.17, 15) is 14.4 Å². The molecule has 0 bridgehead atoms. The Bertz CT molecular complexity index is 1010. The number of anilines is 1. The highest BCUT2D eigenvalue weighted by molar-refractivity contribution is 6.35. The molecule has 0 heterocycles. The van der Waals surface area contributed by atoms with Gasteiger partial charge in [-0.05, 0) is 62.6 Å². The summed E-state index contributed by atoms with van der Waals surface area (Å²) in [7, 11) is 0. The van der Waals surface area contributed by atoms with Crippen molar-refractivity contribution >= 4 is 29.6 Å². The molecule has 176 valence electrons. The third kappa shape index (κ3) is 8.29. The zero-order valence-electron chi connectivity index (χ0n) is 19.3. The number of carbonyl (C=O) groups is 3. The van der Waals surface area contributed by atoms with Crippen molar-refractivity contribution in [1.29, 1.82) is 0 Å². The first kappa shape index (κ1) is 25.4. The summed E-state index contributed by atoms with van der Waals surface area (Å²) >= 11 is 0. The van der Waals surface area contributed by atoms with E-state index in [4.69, 9.17) is 9.47 Å². The molecule has 0 unspecified atom stereocenters. The van der Waals surface area contributed by atoms with Crippen LogP contribution in [0.1, 0.15) is 38.3 Å². The van der Waals surface area contributed by atoms with Crippen LogP contribution in [0.3, 0.4) is 0 Å². The molecule has 0 spiro atoms. The van der Waals surface area contributed by atoms with E-state index in [2.05, 4.69) is 21.2 Å². The summed E-state index contributed by atoms with van der Waals surface area (Å²) in [5.41, 5.74) is 4.47. The molecule has 0 aliphatic rings. The van der Waals surface area contributed by atoms with Gasteiger partial charge in [0.25, 0.3) is 5.91 Å². The smallest absolute Gasteiger partial charge is 0.329 e. The molecular formula is C24H30N4O5. The number of carbonyl (C=O) groups excluding carboxylic acids is 3. The lowest BCUT2D eigenvalue weighted by Crippen LogP contribution is -2.41. The van der Waals surface area contributed by atoms with Crippen molar-refractivity contribution in [1.82, 2.24) is 10.7 Å². The van der Waals surface area contributed by atoms with Gasteiger partial charge >= 0.3 is 11.8 Å². The van der Waals surface area contributed by atoms with Crippen LogP contribution in [-0.2, 0) is 14.4 Å². The Balaban J connectivity index is 1.96. The molecule has 0 radical (unpaired) electrons. The molecule has 33 heavy (non-hydrogen) atoms. The third-order valence-electron chi connectivity index (χ3n) is 4.62. The fourth-order valence-corrected chi connectivity index (χ4v) is 2.64. The second-order valence-corrected chi connectivity index (χ2v) is 7.27. The van der Waals surface area contributed by atoms with Crippen molar-refractivity contribution in [2.75, 3.05) is 18.5 Å². The molecule has 2 rings (SSSR count). The standard InChI is InChI=1S/C24H30N4O5/c1-5-17(4)26-23(30)24(31)28-25-14-18-11-12-20(21(13-18)32-6-2)33-15-22(29)27-19-10-8-7-9-16(19)3/h7-14,17H,5-6,15H2,1-4H3,(H,26,30)(H,27,29)(H,28,31)/b25-14-/t17-/m0/s1. The number of benzene rings is 2. The Kier molecular flexibility index (Phi) is 9.88. The molecule has 0 aromatic heterocycles. The monoisotopic (exact) mass is 454 g/mol. The van der Waals surface area contributed by atoms with Crippen molar-refractivity contribution in [3.05, 3.63) is 53.6 Å². The minimum absolute atomic E-state index is 0.104. The van der Waals surface area contributed by atoms with Crippen molar-refractivity contribution < 1.29 is 23.9 Å². The molecule has 3 amide bonds. The summed E-state index contributed by atoms with van der Waals surface area (Å²) in [5.74, 6) is -1.08. The van der Waals surface area contributed by atoms with E-state index in [0.717, 1.165) is 11.3 Å². The van der Waals surface area contributed by atoms with E-state index in [1.54, 1.807) is 25.1 Å². The number of amides is 3. The number of hydrogen-bond acceptors (Lipinski definition) is 6. The molecule has 1 atom stereocenters. The maximum Gasteiger partial charge on any atom is 0.329 e. The number of para-hydroxylation sites is 1. The average Bonchev–Trinajstić information content (AvgIpc) is 2.80. The van der Waals surface area contributed by atoms with Crippen LogP contribution in [0.5, 0.6) is 11.5 Å². The lowest BCUT2D eigenvalue weighted by molar-refractivity contribution is -0.139. The molecule has 0 saturated heterocycles. The van der Waals surface area contributed by atoms with Crippen LogP contribution < -0.4 is 25.5 Å². The van der Waals surface area contributed by atoms with E-state index in [1.165, 1.54) is 6.21 Å². The molecule has 2 aromatic carbocycles. The van der Waals surface area contributed by atoms with Gasteiger partial charge in [0.15, 0.2) is 18.1 Å². The van der Waals surface area contributed by atoms with E-state index in [-0.39, 0.29) is 18.6 Å². The summed E-state index contributed by atoms with van der Waals surface area (Å²) in [4.78, 5) is 35.8. The maximum atomic E-state index is 12.2.